The van der Waals surface area contributed by atoms with Crippen molar-refractivity contribution in [2.75, 3.05) is 5.32 Å². The molecule has 4 heteroatoms. The number of aliphatic carboxylic acids is 1. The van der Waals surface area contributed by atoms with E-state index in [-0.39, 0.29) is 5.91 Å². The van der Waals surface area contributed by atoms with Crippen LogP contribution in [-0.4, -0.2) is 17.0 Å². The number of aryl methyl sites for hydroxylation is 2. The van der Waals surface area contributed by atoms with Crippen molar-refractivity contribution in [1.29, 1.82) is 0 Å². The van der Waals surface area contributed by atoms with Gasteiger partial charge in [-0.1, -0.05) is 19.9 Å². The summed E-state index contributed by atoms with van der Waals surface area (Å²) < 4.78 is 0. The van der Waals surface area contributed by atoms with Crippen LogP contribution >= 0.6 is 0 Å². The Bertz CT molecular complexity index is 548. The van der Waals surface area contributed by atoms with E-state index in [0.29, 0.717) is 0 Å². The summed E-state index contributed by atoms with van der Waals surface area (Å²) in [5.74, 6) is -2.14. The van der Waals surface area contributed by atoms with Crippen LogP contribution in [0.2, 0.25) is 0 Å². The highest BCUT2D eigenvalue weighted by Gasteiger charge is 2.65. The van der Waals surface area contributed by atoms with Crippen molar-refractivity contribution in [2.24, 2.45) is 17.3 Å². The van der Waals surface area contributed by atoms with Crippen LogP contribution in [0.3, 0.4) is 0 Å². The zero-order chi connectivity index (χ0) is 14.4. The standard InChI is InChI=1S/C15H19NO3/c1-8-5-6-10(7-9(8)2)16-13(17)11-12(14(18)19)15(11,3)4/h5-7,11-12H,1-4H3,(H,16,17)(H,18,19)/t11-,12+/m0/s1. The van der Waals surface area contributed by atoms with Gasteiger partial charge in [0.05, 0.1) is 11.8 Å². The molecule has 19 heavy (non-hydrogen) atoms. The van der Waals surface area contributed by atoms with E-state index >= 15 is 0 Å². The fourth-order valence-corrected chi connectivity index (χ4v) is 2.63. The van der Waals surface area contributed by atoms with Gasteiger partial charge in [0.25, 0.3) is 0 Å². The fraction of sp³-hybridized carbons (Fsp3) is 0.467. The van der Waals surface area contributed by atoms with Crippen molar-refractivity contribution in [3.63, 3.8) is 0 Å². The summed E-state index contributed by atoms with van der Waals surface area (Å²) in [6, 6.07) is 5.68. The van der Waals surface area contributed by atoms with Crippen LogP contribution in [0.15, 0.2) is 18.2 Å². The van der Waals surface area contributed by atoms with Gasteiger partial charge < -0.3 is 10.4 Å². The first-order valence-electron chi connectivity index (χ1n) is 6.36. The number of carboxylic acid groups (broad SMARTS) is 1. The molecule has 2 N–H and O–H groups in total. The molecule has 102 valence electrons. The summed E-state index contributed by atoms with van der Waals surface area (Å²) in [5, 5.41) is 11.9. The summed E-state index contributed by atoms with van der Waals surface area (Å²) in [7, 11) is 0. The average Bonchev–Trinajstić information content (AvgIpc) is 2.87. The van der Waals surface area contributed by atoms with E-state index in [4.69, 9.17) is 5.11 Å². The van der Waals surface area contributed by atoms with Crippen LogP contribution in [0.25, 0.3) is 0 Å². The highest BCUT2D eigenvalue weighted by atomic mass is 16.4. The van der Waals surface area contributed by atoms with Gasteiger partial charge in [-0.25, -0.2) is 0 Å². The van der Waals surface area contributed by atoms with Gasteiger partial charge in [0.1, 0.15) is 0 Å². The normalized spacial score (nSPS) is 23.8. The molecule has 1 aromatic carbocycles. The van der Waals surface area contributed by atoms with Gasteiger partial charge in [0.2, 0.25) is 5.91 Å². The van der Waals surface area contributed by atoms with E-state index in [9.17, 15) is 9.59 Å². The molecule has 0 spiro atoms. The van der Waals surface area contributed by atoms with E-state index in [0.717, 1.165) is 16.8 Å². The van der Waals surface area contributed by atoms with Gasteiger partial charge in [-0.15, -0.1) is 0 Å². The maximum Gasteiger partial charge on any atom is 0.307 e. The number of carbonyl (C=O) groups excluding carboxylic acids is 1. The van der Waals surface area contributed by atoms with Crippen LogP contribution in [-0.2, 0) is 9.59 Å². The van der Waals surface area contributed by atoms with E-state index in [2.05, 4.69) is 5.32 Å². The zero-order valence-electron chi connectivity index (χ0n) is 11.7. The van der Waals surface area contributed by atoms with E-state index in [1.54, 1.807) is 0 Å². The third-order valence-corrected chi connectivity index (χ3v) is 4.15. The van der Waals surface area contributed by atoms with Crippen molar-refractivity contribution in [1.82, 2.24) is 0 Å². The Morgan fingerprint density at radius 2 is 1.79 bits per heavy atom. The van der Waals surface area contributed by atoms with Gasteiger partial charge in [-0.05, 0) is 42.5 Å². The number of benzene rings is 1. The monoisotopic (exact) mass is 261 g/mol. The summed E-state index contributed by atoms with van der Waals surface area (Å²) >= 11 is 0. The zero-order valence-corrected chi connectivity index (χ0v) is 11.7. The summed E-state index contributed by atoms with van der Waals surface area (Å²) in [6.07, 6.45) is 0. The van der Waals surface area contributed by atoms with Crippen molar-refractivity contribution in [2.45, 2.75) is 27.7 Å². The molecular formula is C15H19NO3. The molecule has 0 saturated heterocycles. The molecule has 0 aliphatic heterocycles. The largest absolute Gasteiger partial charge is 0.481 e. The summed E-state index contributed by atoms with van der Waals surface area (Å²) in [4.78, 5) is 23.2. The molecule has 1 saturated carbocycles. The van der Waals surface area contributed by atoms with Gasteiger partial charge in [0, 0.05) is 5.69 Å². The van der Waals surface area contributed by atoms with Gasteiger partial charge >= 0.3 is 5.97 Å². The second kappa shape index (κ2) is 4.37. The molecule has 2 atom stereocenters. The second-order valence-electron chi connectivity index (χ2n) is 5.90. The highest BCUT2D eigenvalue weighted by molar-refractivity contribution is 5.99. The number of amides is 1. The lowest BCUT2D eigenvalue weighted by atomic mass is 10.1. The van der Waals surface area contributed by atoms with Crippen molar-refractivity contribution < 1.29 is 14.7 Å². The third-order valence-electron chi connectivity index (χ3n) is 4.15. The van der Waals surface area contributed by atoms with E-state index < -0.39 is 23.2 Å². The van der Waals surface area contributed by atoms with Gasteiger partial charge in [0.15, 0.2) is 0 Å². The Kier molecular flexibility index (Phi) is 3.12. The predicted molar refractivity (Wildman–Crippen MR) is 72.9 cm³/mol. The van der Waals surface area contributed by atoms with E-state index in [1.807, 2.05) is 45.9 Å². The van der Waals surface area contributed by atoms with Crippen LogP contribution in [0.1, 0.15) is 25.0 Å². The predicted octanol–water partition coefficient (Wildman–Crippen LogP) is 2.60. The Balaban J connectivity index is 2.10. The molecule has 0 heterocycles. The number of carbonyl (C=O) groups is 2. The topological polar surface area (TPSA) is 66.4 Å². The number of hydrogen-bond donors (Lipinski definition) is 2. The molecule has 0 radical (unpaired) electrons. The quantitative estimate of drug-likeness (QED) is 0.879. The molecular weight excluding hydrogens is 242 g/mol. The first kappa shape index (κ1) is 13.6. The SMILES string of the molecule is Cc1ccc(NC(=O)[C@@H]2[C@H](C(=O)O)C2(C)C)cc1C. The molecule has 0 aromatic heterocycles. The van der Waals surface area contributed by atoms with Crippen LogP contribution in [0, 0.1) is 31.1 Å². The molecule has 1 aromatic rings. The number of nitrogens with one attached hydrogen (secondary N) is 1. The van der Waals surface area contributed by atoms with Crippen LogP contribution in [0.4, 0.5) is 5.69 Å². The lowest BCUT2D eigenvalue weighted by Crippen LogP contribution is -2.17. The molecule has 0 bridgehead atoms. The van der Waals surface area contributed by atoms with Crippen molar-refractivity contribution >= 4 is 17.6 Å². The third kappa shape index (κ3) is 2.35. The summed E-state index contributed by atoms with van der Waals surface area (Å²) in [5.41, 5.74) is 2.52. The fourth-order valence-electron chi connectivity index (χ4n) is 2.63. The molecule has 1 fully saturated rings. The number of hydrogen-bond acceptors (Lipinski definition) is 2. The second-order valence-corrected chi connectivity index (χ2v) is 5.90. The Hall–Kier alpha value is -1.84. The van der Waals surface area contributed by atoms with Crippen molar-refractivity contribution in [3.05, 3.63) is 29.3 Å². The summed E-state index contributed by atoms with van der Waals surface area (Å²) in [6.45, 7) is 7.62. The Labute approximate surface area is 112 Å². The maximum atomic E-state index is 12.1. The molecule has 0 unspecified atom stereocenters. The van der Waals surface area contributed by atoms with Gasteiger partial charge in [-0.3, -0.25) is 9.59 Å². The number of rotatable bonds is 3. The highest BCUT2D eigenvalue weighted by Crippen LogP contribution is 2.58. The van der Waals surface area contributed by atoms with E-state index in [1.165, 1.54) is 0 Å². The first-order chi connectivity index (χ1) is 8.75. The smallest absolute Gasteiger partial charge is 0.307 e. The molecule has 4 nitrogen and oxygen atoms in total. The first-order valence-corrected chi connectivity index (χ1v) is 6.36. The van der Waals surface area contributed by atoms with Crippen LogP contribution in [0.5, 0.6) is 0 Å². The maximum absolute atomic E-state index is 12.1. The molecule has 1 aliphatic carbocycles. The van der Waals surface area contributed by atoms with Crippen LogP contribution < -0.4 is 5.32 Å². The van der Waals surface area contributed by atoms with Gasteiger partial charge in [-0.2, -0.15) is 0 Å². The minimum atomic E-state index is -0.898. The lowest BCUT2D eigenvalue weighted by molar-refractivity contribution is -0.140. The number of carboxylic acids is 1. The Morgan fingerprint density at radius 3 is 2.26 bits per heavy atom. The Morgan fingerprint density at radius 1 is 1.16 bits per heavy atom. The van der Waals surface area contributed by atoms with Crippen molar-refractivity contribution in [3.8, 4) is 0 Å². The lowest BCUT2D eigenvalue weighted by Gasteiger charge is -2.08. The minimum absolute atomic E-state index is 0.208. The number of anilines is 1. The minimum Gasteiger partial charge on any atom is -0.481 e. The average molecular weight is 261 g/mol. The molecule has 2 rings (SSSR count). The molecule has 1 aliphatic rings. The molecule has 1 amide bonds.